The zero-order valence-electron chi connectivity index (χ0n) is 12.2. The molecule has 0 bridgehead atoms. The van der Waals surface area contributed by atoms with Crippen molar-refractivity contribution in [2.24, 2.45) is 0 Å². The van der Waals surface area contributed by atoms with Crippen LogP contribution in [0.1, 0.15) is 25.3 Å². The summed E-state index contributed by atoms with van der Waals surface area (Å²) in [5.74, 6) is 1.73. The molecule has 0 aliphatic carbocycles. The summed E-state index contributed by atoms with van der Waals surface area (Å²) in [6.45, 7) is 3.57. The van der Waals surface area contributed by atoms with Gasteiger partial charge < -0.3 is 10.1 Å². The third kappa shape index (κ3) is 4.90. The van der Waals surface area contributed by atoms with Crippen molar-refractivity contribution in [2.75, 3.05) is 18.5 Å². The van der Waals surface area contributed by atoms with Gasteiger partial charge in [0.2, 0.25) is 0 Å². The quantitative estimate of drug-likeness (QED) is 0.592. The molecule has 0 spiro atoms. The van der Waals surface area contributed by atoms with Crippen LogP contribution in [0.15, 0.2) is 36.7 Å². The molecule has 0 saturated heterocycles. The number of aromatic nitrogens is 2. The number of anilines is 1. The van der Waals surface area contributed by atoms with Crippen LogP contribution >= 0.6 is 11.6 Å². The van der Waals surface area contributed by atoms with Gasteiger partial charge in [-0.2, -0.15) is 0 Å². The minimum Gasteiger partial charge on any atom is -0.494 e. The molecule has 0 atom stereocenters. The van der Waals surface area contributed by atoms with Gasteiger partial charge in [0.1, 0.15) is 23.0 Å². The summed E-state index contributed by atoms with van der Waals surface area (Å²) in [5.41, 5.74) is 0.991. The predicted molar refractivity (Wildman–Crippen MR) is 86.1 cm³/mol. The Hall–Kier alpha value is -1.81. The first-order chi connectivity index (χ1) is 10.3. The summed E-state index contributed by atoms with van der Waals surface area (Å²) in [6, 6.07) is 9.82. The molecule has 1 aromatic carbocycles. The number of ether oxygens (including phenoxy) is 1. The van der Waals surface area contributed by atoms with Crippen LogP contribution in [0, 0.1) is 0 Å². The molecule has 2 aromatic rings. The molecule has 112 valence electrons. The third-order valence-electron chi connectivity index (χ3n) is 3.02. The van der Waals surface area contributed by atoms with Crippen molar-refractivity contribution in [3.63, 3.8) is 0 Å². The van der Waals surface area contributed by atoms with E-state index in [1.807, 2.05) is 30.3 Å². The van der Waals surface area contributed by atoms with Gasteiger partial charge in [0, 0.05) is 12.1 Å². The molecule has 0 fully saturated rings. The summed E-state index contributed by atoms with van der Waals surface area (Å²) >= 11 is 6.11. The van der Waals surface area contributed by atoms with Gasteiger partial charge in [-0.25, -0.2) is 9.97 Å². The van der Waals surface area contributed by atoms with Crippen LogP contribution in [0.25, 0.3) is 0 Å². The van der Waals surface area contributed by atoms with Crippen molar-refractivity contribution >= 4 is 17.4 Å². The number of nitrogens with zero attached hydrogens (tertiary/aromatic N) is 2. The molecule has 5 heteroatoms. The molecule has 4 nitrogen and oxygen atoms in total. The number of rotatable bonds is 8. The Kier molecular flexibility index (Phi) is 6.28. The second kappa shape index (κ2) is 8.47. The van der Waals surface area contributed by atoms with Gasteiger partial charge in [0.15, 0.2) is 0 Å². The lowest BCUT2D eigenvalue weighted by atomic mass is 10.2. The lowest BCUT2D eigenvalue weighted by Gasteiger charge is -2.11. The van der Waals surface area contributed by atoms with Crippen molar-refractivity contribution < 1.29 is 4.74 Å². The molecule has 0 amide bonds. The Morgan fingerprint density at radius 1 is 1.19 bits per heavy atom. The van der Waals surface area contributed by atoms with E-state index in [-0.39, 0.29) is 0 Å². The first-order valence-electron chi connectivity index (χ1n) is 7.22. The normalized spacial score (nSPS) is 10.4. The molecule has 1 heterocycles. The second-order valence-electron chi connectivity index (χ2n) is 4.68. The van der Waals surface area contributed by atoms with Crippen molar-refractivity contribution in [3.8, 4) is 5.75 Å². The maximum absolute atomic E-state index is 6.11. The summed E-state index contributed by atoms with van der Waals surface area (Å²) in [6.07, 6.45) is 4.27. The molecule has 1 N–H and O–H groups in total. The van der Waals surface area contributed by atoms with Crippen LogP contribution in [-0.2, 0) is 6.42 Å². The topological polar surface area (TPSA) is 47.0 Å². The van der Waals surface area contributed by atoms with Crippen LogP contribution in [0.3, 0.4) is 0 Å². The van der Waals surface area contributed by atoms with E-state index in [0.29, 0.717) is 11.8 Å². The van der Waals surface area contributed by atoms with Crippen LogP contribution < -0.4 is 10.1 Å². The lowest BCUT2D eigenvalue weighted by Crippen LogP contribution is -2.10. The summed E-state index contributed by atoms with van der Waals surface area (Å²) in [7, 11) is 0. The Morgan fingerprint density at radius 2 is 2.00 bits per heavy atom. The van der Waals surface area contributed by atoms with E-state index in [1.54, 1.807) is 0 Å². The van der Waals surface area contributed by atoms with E-state index in [4.69, 9.17) is 16.3 Å². The van der Waals surface area contributed by atoms with E-state index in [0.717, 1.165) is 42.9 Å². The maximum Gasteiger partial charge on any atom is 0.137 e. The second-order valence-corrected chi connectivity index (χ2v) is 5.04. The average molecular weight is 306 g/mol. The van der Waals surface area contributed by atoms with Gasteiger partial charge in [-0.1, -0.05) is 43.1 Å². The highest BCUT2D eigenvalue weighted by Gasteiger charge is 2.08. The maximum atomic E-state index is 6.11. The first-order valence-corrected chi connectivity index (χ1v) is 7.60. The molecule has 0 saturated carbocycles. The smallest absolute Gasteiger partial charge is 0.137 e. The van der Waals surface area contributed by atoms with Gasteiger partial charge in [-0.05, 0) is 25.0 Å². The van der Waals surface area contributed by atoms with E-state index in [1.165, 1.54) is 6.33 Å². The number of hydrogen-bond acceptors (Lipinski definition) is 4. The fourth-order valence-electron chi connectivity index (χ4n) is 2.00. The Morgan fingerprint density at radius 3 is 2.76 bits per heavy atom. The molecule has 0 radical (unpaired) electrons. The highest BCUT2D eigenvalue weighted by atomic mass is 35.5. The monoisotopic (exact) mass is 305 g/mol. The average Bonchev–Trinajstić information content (AvgIpc) is 2.51. The van der Waals surface area contributed by atoms with Crippen molar-refractivity contribution in [2.45, 2.75) is 26.2 Å². The summed E-state index contributed by atoms with van der Waals surface area (Å²) in [5, 5.41) is 3.85. The molecule has 0 aliphatic heterocycles. The van der Waals surface area contributed by atoms with Crippen LogP contribution in [0.2, 0.25) is 5.15 Å². The zero-order valence-corrected chi connectivity index (χ0v) is 12.9. The zero-order chi connectivity index (χ0) is 14.9. The van der Waals surface area contributed by atoms with Crippen LogP contribution in [0.4, 0.5) is 5.82 Å². The van der Waals surface area contributed by atoms with Gasteiger partial charge in [-0.15, -0.1) is 0 Å². The highest BCUT2D eigenvalue weighted by Crippen LogP contribution is 2.21. The molecule has 21 heavy (non-hydrogen) atoms. The number of benzene rings is 1. The van der Waals surface area contributed by atoms with Gasteiger partial charge in [-0.3, -0.25) is 0 Å². The highest BCUT2D eigenvalue weighted by molar-refractivity contribution is 6.30. The van der Waals surface area contributed by atoms with Crippen LogP contribution in [0.5, 0.6) is 5.75 Å². The number of halogens is 1. The van der Waals surface area contributed by atoms with Crippen LogP contribution in [-0.4, -0.2) is 23.1 Å². The van der Waals surface area contributed by atoms with Gasteiger partial charge in [0.25, 0.3) is 0 Å². The number of hydrogen-bond donors (Lipinski definition) is 1. The molecular formula is C16H20ClN3O. The minimum atomic E-state index is 0.537. The largest absolute Gasteiger partial charge is 0.494 e. The summed E-state index contributed by atoms with van der Waals surface area (Å²) < 4.78 is 5.65. The van der Waals surface area contributed by atoms with E-state index in [9.17, 15) is 0 Å². The molecule has 0 unspecified atom stereocenters. The number of nitrogens with one attached hydrogen (secondary N) is 1. The standard InChI is InChI=1S/C16H20ClN3O/c1-2-7-14-15(17)19-12-20-16(14)18-10-6-11-21-13-8-4-3-5-9-13/h3-5,8-9,12H,2,6-7,10-11H2,1H3,(H,18,19,20). The first kappa shape index (κ1) is 15.6. The third-order valence-corrected chi connectivity index (χ3v) is 3.34. The Balaban J connectivity index is 1.77. The van der Waals surface area contributed by atoms with E-state index < -0.39 is 0 Å². The van der Waals surface area contributed by atoms with Crippen molar-refractivity contribution in [1.29, 1.82) is 0 Å². The Bertz CT molecular complexity index is 548. The van der Waals surface area contributed by atoms with Gasteiger partial charge >= 0.3 is 0 Å². The lowest BCUT2D eigenvalue weighted by molar-refractivity contribution is 0.315. The fraction of sp³-hybridized carbons (Fsp3) is 0.375. The number of para-hydroxylation sites is 1. The van der Waals surface area contributed by atoms with Crippen molar-refractivity contribution in [1.82, 2.24) is 9.97 Å². The predicted octanol–water partition coefficient (Wildman–Crippen LogP) is 3.96. The van der Waals surface area contributed by atoms with E-state index in [2.05, 4.69) is 22.2 Å². The van der Waals surface area contributed by atoms with Crippen molar-refractivity contribution in [3.05, 3.63) is 47.4 Å². The fourth-order valence-corrected chi connectivity index (χ4v) is 2.23. The molecular weight excluding hydrogens is 286 g/mol. The molecule has 1 aromatic heterocycles. The summed E-state index contributed by atoms with van der Waals surface area (Å²) in [4.78, 5) is 8.30. The van der Waals surface area contributed by atoms with E-state index >= 15 is 0 Å². The molecule has 2 rings (SSSR count). The molecule has 0 aliphatic rings. The Labute approximate surface area is 130 Å². The van der Waals surface area contributed by atoms with Gasteiger partial charge in [0.05, 0.1) is 6.61 Å². The minimum absolute atomic E-state index is 0.537. The SMILES string of the molecule is CCCc1c(Cl)ncnc1NCCCOc1ccccc1.